The summed E-state index contributed by atoms with van der Waals surface area (Å²) < 4.78 is 16.0. The second-order valence-electron chi connectivity index (χ2n) is 5.31. The SMILES string of the molecule is COc1cc(Nc2cnnc(Nc3ccccc3Cl)n2)cc(OC)c1OC. The van der Waals surface area contributed by atoms with Gasteiger partial charge in [0.25, 0.3) is 0 Å². The first-order valence-corrected chi connectivity index (χ1v) is 8.30. The first-order valence-electron chi connectivity index (χ1n) is 7.93. The zero-order chi connectivity index (χ0) is 19.2. The van der Waals surface area contributed by atoms with Crippen LogP contribution in [0.25, 0.3) is 0 Å². The molecule has 2 N–H and O–H groups in total. The van der Waals surface area contributed by atoms with Crippen molar-refractivity contribution < 1.29 is 14.2 Å². The van der Waals surface area contributed by atoms with Crippen molar-refractivity contribution >= 4 is 34.7 Å². The van der Waals surface area contributed by atoms with Gasteiger partial charge in [-0.25, -0.2) is 0 Å². The number of rotatable bonds is 7. The molecule has 1 heterocycles. The van der Waals surface area contributed by atoms with E-state index in [1.54, 1.807) is 39.5 Å². The highest BCUT2D eigenvalue weighted by molar-refractivity contribution is 6.33. The molecule has 0 spiro atoms. The third kappa shape index (κ3) is 4.29. The molecular weight excluding hydrogens is 370 g/mol. The molecule has 0 aliphatic rings. The van der Waals surface area contributed by atoms with E-state index in [1.807, 2.05) is 18.2 Å². The summed E-state index contributed by atoms with van der Waals surface area (Å²) in [5, 5.41) is 14.7. The van der Waals surface area contributed by atoms with Gasteiger partial charge in [-0.3, -0.25) is 0 Å². The molecule has 3 rings (SSSR count). The Balaban J connectivity index is 1.85. The van der Waals surface area contributed by atoms with Crippen molar-refractivity contribution in [3.05, 3.63) is 47.6 Å². The second-order valence-corrected chi connectivity index (χ2v) is 5.72. The predicted molar refractivity (Wildman–Crippen MR) is 104 cm³/mol. The molecule has 0 saturated carbocycles. The molecule has 0 amide bonds. The van der Waals surface area contributed by atoms with Gasteiger partial charge in [-0.15, -0.1) is 5.10 Å². The number of methoxy groups -OCH3 is 3. The Morgan fingerprint density at radius 2 is 1.63 bits per heavy atom. The standard InChI is InChI=1S/C18H18ClN5O3/c1-25-14-8-11(9-15(26-2)17(14)27-3)21-16-10-20-24-18(23-16)22-13-7-5-4-6-12(13)19/h4-10H,1-3H3,(H2,21,22,23,24). The summed E-state index contributed by atoms with van der Waals surface area (Å²) in [6.07, 6.45) is 1.50. The van der Waals surface area contributed by atoms with Crippen LogP contribution in [0.4, 0.5) is 23.1 Å². The van der Waals surface area contributed by atoms with Crippen LogP contribution in [0.15, 0.2) is 42.6 Å². The van der Waals surface area contributed by atoms with E-state index in [1.165, 1.54) is 6.20 Å². The predicted octanol–water partition coefficient (Wildman–Crippen LogP) is 4.04. The number of aromatic nitrogens is 3. The first kappa shape index (κ1) is 18.5. The molecule has 0 radical (unpaired) electrons. The molecule has 0 bridgehead atoms. The van der Waals surface area contributed by atoms with Gasteiger partial charge in [0.2, 0.25) is 11.7 Å². The topological polar surface area (TPSA) is 90.4 Å². The van der Waals surface area contributed by atoms with Crippen LogP contribution in [0.5, 0.6) is 17.2 Å². The molecule has 140 valence electrons. The summed E-state index contributed by atoms with van der Waals surface area (Å²) >= 11 is 6.15. The number of nitrogens with zero attached hydrogens (tertiary/aromatic N) is 3. The van der Waals surface area contributed by atoms with E-state index < -0.39 is 0 Å². The van der Waals surface area contributed by atoms with E-state index in [4.69, 9.17) is 25.8 Å². The highest BCUT2D eigenvalue weighted by Gasteiger charge is 2.14. The molecule has 2 aromatic carbocycles. The zero-order valence-electron chi connectivity index (χ0n) is 15.0. The van der Waals surface area contributed by atoms with Crippen LogP contribution < -0.4 is 24.8 Å². The first-order chi connectivity index (χ1) is 13.1. The molecule has 0 unspecified atom stereocenters. The summed E-state index contributed by atoms with van der Waals surface area (Å²) in [7, 11) is 4.66. The highest BCUT2D eigenvalue weighted by atomic mass is 35.5. The van der Waals surface area contributed by atoms with Crippen molar-refractivity contribution in [3.63, 3.8) is 0 Å². The average molecular weight is 388 g/mol. The van der Waals surface area contributed by atoms with Gasteiger partial charge in [0.15, 0.2) is 17.3 Å². The molecule has 1 aromatic heterocycles. The summed E-state index contributed by atoms with van der Waals surface area (Å²) in [6.45, 7) is 0. The van der Waals surface area contributed by atoms with Crippen molar-refractivity contribution in [2.75, 3.05) is 32.0 Å². The lowest BCUT2D eigenvalue weighted by atomic mass is 10.2. The maximum atomic E-state index is 6.15. The van der Waals surface area contributed by atoms with Crippen LogP contribution in [0.3, 0.4) is 0 Å². The van der Waals surface area contributed by atoms with E-state index in [-0.39, 0.29) is 0 Å². The Hall–Kier alpha value is -3.26. The van der Waals surface area contributed by atoms with Gasteiger partial charge in [-0.05, 0) is 12.1 Å². The van der Waals surface area contributed by atoms with Crippen molar-refractivity contribution in [1.29, 1.82) is 0 Å². The fraction of sp³-hybridized carbons (Fsp3) is 0.167. The van der Waals surface area contributed by atoms with Gasteiger partial charge in [0.05, 0.1) is 38.2 Å². The molecule has 0 atom stereocenters. The zero-order valence-corrected chi connectivity index (χ0v) is 15.7. The minimum absolute atomic E-state index is 0.306. The average Bonchev–Trinajstić information content (AvgIpc) is 2.69. The van der Waals surface area contributed by atoms with Crippen LogP contribution >= 0.6 is 11.6 Å². The smallest absolute Gasteiger partial charge is 0.249 e. The quantitative estimate of drug-likeness (QED) is 0.627. The molecular formula is C18H18ClN5O3. The molecule has 0 aliphatic carbocycles. The lowest BCUT2D eigenvalue weighted by Crippen LogP contribution is -2.03. The van der Waals surface area contributed by atoms with Gasteiger partial charge in [0.1, 0.15) is 0 Å². The maximum Gasteiger partial charge on any atom is 0.249 e. The number of anilines is 4. The fourth-order valence-corrected chi connectivity index (χ4v) is 2.58. The number of ether oxygens (including phenoxy) is 3. The lowest BCUT2D eigenvalue weighted by Gasteiger charge is -2.15. The highest BCUT2D eigenvalue weighted by Crippen LogP contribution is 2.40. The van der Waals surface area contributed by atoms with Gasteiger partial charge in [-0.2, -0.15) is 10.1 Å². The second kappa shape index (κ2) is 8.41. The van der Waals surface area contributed by atoms with Crippen LogP contribution in [-0.4, -0.2) is 36.5 Å². The molecule has 8 nitrogen and oxygen atoms in total. The monoisotopic (exact) mass is 387 g/mol. The Labute approximate surface area is 161 Å². The largest absolute Gasteiger partial charge is 0.493 e. The van der Waals surface area contributed by atoms with Gasteiger partial charge < -0.3 is 24.8 Å². The van der Waals surface area contributed by atoms with Gasteiger partial charge >= 0.3 is 0 Å². The van der Waals surface area contributed by atoms with Crippen LogP contribution in [-0.2, 0) is 0 Å². The minimum Gasteiger partial charge on any atom is -0.493 e. The molecule has 3 aromatic rings. The summed E-state index contributed by atoms with van der Waals surface area (Å²) in [4.78, 5) is 4.39. The molecule has 0 fully saturated rings. The van der Waals surface area contributed by atoms with E-state index >= 15 is 0 Å². The summed E-state index contributed by atoms with van der Waals surface area (Å²) in [5.41, 5.74) is 1.37. The van der Waals surface area contributed by atoms with E-state index in [9.17, 15) is 0 Å². The van der Waals surface area contributed by atoms with Crippen molar-refractivity contribution in [3.8, 4) is 17.2 Å². The fourth-order valence-electron chi connectivity index (χ4n) is 2.40. The number of hydrogen-bond donors (Lipinski definition) is 2. The summed E-state index contributed by atoms with van der Waals surface area (Å²) in [6, 6.07) is 10.8. The van der Waals surface area contributed by atoms with Crippen LogP contribution in [0, 0.1) is 0 Å². The van der Waals surface area contributed by atoms with E-state index in [0.717, 1.165) is 0 Å². The number of para-hydroxylation sites is 1. The Kier molecular flexibility index (Phi) is 5.77. The number of nitrogens with one attached hydrogen (secondary N) is 2. The Morgan fingerprint density at radius 1 is 0.926 bits per heavy atom. The van der Waals surface area contributed by atoms with Gasteiger partial charge in [-0.1, -0.05) is 23.7 Å². The third-order valence-electron chi connectivity index (χ3n) is 3.62. The molecule has 0 saturated heterocycles. The third-order valence-corrected chi connectivity index (χ3v) is 3.95. The number of benzene rings is 2. The Morgan fingerprint density at radius 3 is 2.26 bits per heavy atom. The molecule has 0 aliphatic heterocycles. The normalized spacial score (nSPS) is 10.2. The lowest BCUT2D eigenvalue weighted by molar-refractivity contribution is 0.324. The molecule has 9 heteroatoms. The van der Waals surface area contributed by atoms with Crippen LogP contribution in [0.2, 0.25) is 5.02 Å². The van der Waals surface area contributed by atoms with Crippen molar-refractivity contribution in [1.82, 2.24) is 15.2 Å². The Bertz CT molecular complexity index is 913. The van der Waals surface area contributed by atoms with Crippen LogP contribution in [0.1, 0.15) is 0 Å². The summed E-state index contributed by atoms with van der Waals surface area (Å²) in [5.74, 6) is 2.34. The molecule has 27 heavy (non-hydrogen) atoms. The number of hydrogen-bond acceptors (Lipinski definition) is 8. The van der Waals surface area contributed by atoms with Gasteiger partial charge in [0, 0.05) is 17.8 Å². The maximum absolute atomic E-state index is 6.15. The van der Waals surface area contributed by atoms with E-state index in [2.05, 4.69) is 25.8 Å². The number of halogens is 1. The van der Waals surface area contributed by atoms with Crippen molar-refractivity contribution in [2.24, 2.45) is 0 Å². The van der Waals surface area contributed by atoms with E-state index in [0.29, 0.717) is 45.4 Å². The minimum atomic E-state index is 0.306. The van der Waals surface area contributed by atoms with Crippen molar-refractivity contribution in [2.45, 2.75) is 0 Å².